The van der Waals surface area contributed by atoms with Crippen LogP contribution in [0.4, 0.5) is 5.69 Å². The second kappa shape index (κ2) is 7.31. The lowest BCUT2D eigenvalue weighted by Gasteiger charge is -2.29. The molecular weight excluding hydrogens is 384 g/mol. The van der Waals surface area contributed by atoms with Gasteiger partial charge in [0.25, 0.3) is 5.91 Å². The van der Waals surface area contributed by atoms with Crippen molar-refractivity contribution in [2.45, 2.75) is 38.1 Å². The van der Waals surface area contributed by atoms with E-state index in [1.54, 1.807) is 4.90 Å². The van der Waals surface area contributed by atoms with E-state index < -0.39 is 16.4 Å². The number of rotatable bonds is 3. The molecule has 0 unspecified atom stereocenters. The van der Waals surface area contributed by atoms with Crippen LogP contribution in [0.2, 0.25) is 5.02 Å². The summed E-state index contributed by atoms with van der Waals surface area (Å²) in [5.41, 5.74) is -0.371. The summed E-state index contributed by atoms with van der Waals surface area (Å²) >= 11 is 12.4. The molecule has 1 aromatic rings. The van der Waals surface area contributed by atoms with Gasteiger partial charge in [0.15, 0.2) is 0 Å². The van der Waals surface area contributed by atoms with Crippen LogP contribution in [0.15, 0.2) is 17.0 Å². The first-order valence-corrected chi connectivity index (χ1v) is 9.42. The molecule has 0 spiro atoms. The summed E-state index contributed by atoms with van der Waals surface area (Å²) < 4.78 is 0.485. The third kappa shape index (κ3) is 3.65. The molecule has 1 N–H and O–H groups in total. The first-order chi connectivity index (χ1) is 11.9. The van der Waals surface area contributed by atoms with Crippen molar-refractivity contribution >= 4 is 57.6 Å². The van der Waals surface area contributed by atoms with Gasteiger partial charge in [-0.2, -0.15) is 0 Å². The SMILES string of the molecule is O=C1C(=Cc2cc(Cl)cc([N+](=O)[O-])c2O)SC(=S)N1C1CCCCC1. The number of nitro groups is 1. The Bertz CT molecular complexity index is 791. The molecule has 1 aliphatic carbocycles. The largest absolute Gasteiger partial charge is 0.502 e. The number of nitro benzene ring substituents is 1. The lowest BCUT2D eigenvalue weighted by atomic mass is 9.94. The predicted octanol–water partition coefficient (Wildman–Crippen LogP) is 4.49. The van der Waals surface area contributed by atoms with Crippen molar-refractivity contribution in [1.29, 1.82) is 0 Å². The Labute approximate surface area is 159 Å². The molecule has 1 aliphatic heterocycles. The average molecular weight is 399 g/mol. The van der Waals surface area contributed by atoms with Crippen molar-refractivity contribution in [3.05, 3.63) is 37.7 Å². The van der Waals surface area contributed by atoms with Crippen LogP contribution in [0.25, 0.3) is 6.08 Å². The maximum atomic E-state index is 12.7. The summed E-state index contributed by atoms with van der Waals surface area (Å²) in [7, 11) is 0. The molecule has 0 aromatic heterocycles. The van der Waals surface area contributed by atoms with Crippen LogP contribution in [0.3, 0.4) is 0 Å². The highest BCUT2D eigenvalue weighted by Gasteiger charge is 2.37. The van der Waals surface area contributed by atoms with E-state index in [0.717, 1.165) is 43.5 Å². The topological polar surface area (TPSA) is 83.7 Å². The predicted molar refractivity (Wildman–Crippen MR) is 102 cm³/mol. The van der Waals surface area contributed by atoms with Crippen molar-refractivity contribution in [2.75, 3.05) is 0 Å². The Morgan fingerprint density at radius 2 is 2.04 bits per heavy atom. The van der Waals surface area contributed by atoms with Crippen LogP contribution >= 0.6 is 35.6 Å². The average Bonchev–Trinajstić information content (AvgIpc) is 2.85. The molecule has 2 aliphatic rings. The van der Waals surface area contributed by atoms with Gasteiger partial charge in [0.1, 0.15) is 4.32 Å². The van der Waals surface area contributed by atoms with Gasteiger partial charge in [-0.15, -0.1) is 0 Å². The number of thioether (sulfide) groups is 1. The Morgan fingerprint density at radius 1 is 1.36 bits per heavy atom. The molecule has 6 nitrogen and oxygen atoms in total. The van der Waals surface area contributed by atoms with Crippen LogP contribution in [-0.2, 0) is 4.79 Å². The van der Waals surface area contributed by atoms with Gasteiger partial charge in [-0.05, 0) is 25.0 Å². The number of thiocarbonyl (C=S) groups is 1. The minimum atomic E-state index is -0.716. The van der Waals surface area contributed by atoms with Gasteiger partial charge >= 0.3 is 5.69 Å². The maximum absolute atomic E-state index is 12.7. The van der Waals surface area contributed by atoms with Crippen molar-refractivity contribution in [2.24, 2.45) is 0 Å². The fourth-order valence-corrected chi connectivity index (χ4v) is 4.74. The van der Waals surface area contributed by atoms with Gasteiger partial charge in [-0.25, -0.2) is 0 Å². The Hall–Kier alpha value is -1.64. The standard InChI is InChI=1S/C16H15ClN2O4S2/c17-10-6-9(14(20)12(8-10)19(22)23)7-13-15(21)18(16(24)25-13)11-4-2-1-3-5-11/h6-8,11,20H,1-5H2. The van der Waals surface area contributed by atoms with E-state index in [1.807, 2.05) is 0 Å². The van der Waals surface area contributed by atoms with Gasteiger partial charge in [0.05, 0.1) is 9.83 Å². The summed E-state index contributed by atoms with van der Waals surface area (Å²) in [6.07, 6.45) is 6.57. The highest BCUT2D eigenvalue weighted by molar-refractivity contribution is 8.26. The maximum Gasteiger partial charge on any atom is 0.312 e. The zero-order valence-corrected chi connectivity index (χ0v) is 15.5. The van der Waals surface area contributed by atoms with Crippen LogP contribution in [0, 0.1) is 10.1 Å². The third-order valence-corrected chi connectivity index (χ3v) is 5.88. The fourth-order valence-electron chi connectivity index (χ4n) is 3.13. The molecule has 1 heterocycles. The fraction of sp³-hybridized carbons (Fsp3) is 0.375. The summed E-state index contributed by atoms with van der Waals surface area (Å²) in [4.78, 5) is 25.0. The van der Waals surface area contributed by atoms with Crippen LogP contribution in [0.5, 0.6) is 5.75 Å². The first-order valence-electron chi connectivity index (χ1n) is 7.82. The summed E-state index contributed by atoms with van der Waals surface area (Å²) in [6.45, 7) is 0. The molecule has 3 rings (SSSR count). The Morgan fingerprint density at radius 3 is 2.68 bits per heavy atom. The second-order valence-corrected chi connectivity index (χ2v) is 8.08. The van der Waals surface area contributed by atoms with E-state index in [0.29, 0.717) is 9.23 Å². The normalized spacial score (nSPS) is 20.5. The Kier molecular flexibility index (Phi) is 5.31. The highest BCUT2D eigenvalue weighted by Crippen LogP contribution is 2.40. The molecule has 1 saturated carbocycles. The molecule has 132 valence electrons. The monoisotopic (exact) mass is 398 g/mol. The van der Waals surface area contributed by atoms with Crippen LogP contribution < -0.4 is 0 Å². The number of phenols is 1. The lowest BCUT2D eigenvalue weighted by Crippen LogP contribution is -2.39. The van der Waals surface area contributed by atoms with Crippen molar-refractivity contribution in [3.63, 3.8) is 0 Å². The number of benzene rings is 1. The molecule has 1 aromatic carbocycles. The van der Waals surface area contributed by atoms with E-state index in [-0.39, 0.29) is 22.5 Å². The molecule has 1 amide bonds. The van der Waals surface area contributed by atoms with E-state index >= 15 is 0 Å². The summed E-state index contributed by atoms with van der Waals surface area (Å²) in [5.74, 6) is -0.735. The minimum Gasteiger partial charge on any atom is -0.502 e. The zero-order chi connectivity index (χ0) is 18.1. The summed E-state index contributed by atoms with van der Waals surface area (Å²) in [6, 6.07) is 2.56. The zero-order valence-electron chi connectivity index (χ0n) is 13.1. The number of aromatic hydroxyl groups is 1. The molecule has 0 radical (unpaired) electrons. The molecule has 0 bridgehead atoms. The van der Waals surface area contributed by atoms with Gasteiger partial charge in [0.2, 0.25) is 5.75 Å². The number of nitrogens with zero attached hydrogens (tertiary/aromatic N) is 2. The summed E-state index contributed by atoms with van der Waals surface area (Å²) in [5, 5.41) is 21.2. The minimum absolute atomic E-state index is 0.106. The van der Waals surface area contributed by atoms with Crippen molar-refractivity contribution < 1.29 is 14.8 Å². The number of carbonyl (C=O) groups excluding carboxylic acids is 1. The van der Waals surface area contributed by atoms with E-state index in [9.17, 15) is 20.0 Å². The Balaban J connectivity index is 1.93. The van der Waals surface area contributed by atoms with Crippen molar-refractivity contribution in [3.8, 4) is 5.75 Å². The number of halogens is 1. The molecule has 2 fully saturated rings. The van der Waals surface area contributed by atoms with E-state index in [1.165, 1.54) is 18.6 Å². The molecule has 25 heavy (non-hydrogen) atoms. The third-order valence-electron chi connectivity index (χ3n) is 4.33. The number of phenolic OH excluding ortho intramolecular Hbond substituents is 1. The smallest absolute Gasteiger partial charge is 0.312 e. The van der Waals surface area contributed by atoms with Gasteiger partial charge in [-0.3, -0.25) is 19.8 Å². The number of hydrogen-bond acceptors (Lipinski definition) is 6. The van der Waals surface area contributed by atoms with Gasteiger partial charge in [-0.1, -0.05) is 54.8 Å². The van der Waals surface area contributed by atoms with Crippen molar-refractivity contribution in [1.82, 2.24) is 4.90 Å². The number of amides is 1. The van der Waals surface area contributed by atoms with E-state index in [4.69, 9.17) is 23.8 Å². The molecule has 9 heteroatoms. The molecule has 0 atom stereocenters. The first kappa shape index (κ1) is 18.2. The quantitative estimate of drug-likeness (QED) is 0.349. The highest BCUT2D eigenvalue weighted by atomic mass is 35.5. The number of carbonyl (C=O) groups is 1. The van der Waals surface area contributed by atoms with Crippen LogP contribution in [-0.4, -0.2) is 31.2 Å². The molecule has 1 saturated heterocycles. The molecular formula is C16H15ClN2O4S2. The number of hydrogen-bond donors (Lipinski definition) is 1. The van der Waals surface area contributed by atoms with E-state index in [2.05, 4.69) is 0 Å². The van der Waals surface area contributed by atoms with Crippen LogP contribution in [0.1, 0.15) is 37.7 Å². The lowest BCUT2D eigenvalue weighted by molar-refractivity contribution is -0.385. The second-order valence-electron chi connectivity index (χ2n) is 5.96. The van der Waals surface area contributed by atoms with Gasteiger partial charge in [0, 0.05) is 22.7 Å². The van der Waals surface area contributed by atoms with Gasteiger partial charge < -0.3 is 5.11 Å².